The molecule has 0 spiro atoms. The molecule has 1 atom stereocenters. The van der Waals surface area contributed by atoms with Gasteiger partial charge < -0.3 is 4.74 Å². The molecule has 0 amide bonds. The van der Waals surface area contributed by atoms with E-state index >= 15 is 4.39 Å². The lowest BCUT2D eigenvalue weighted by Crippen LogP contribution is -2.16. The lowest BCUT2D eigenvalue weighted by molar-refractivity contribution is -0.274. The summed E-state index contributed by atoms with van der Waals surface area (Å²) in [5, 5.41) is 0. The maximum Gasteiger partial charge on any atom is 0.573 e. The molecule has 1 unspecified atom stereocenters. The maximum absolute atomic E-state index is 15.2. The molecule has 0 saturated heterocycles. The second-order valence-electron chi connectivity index (χ2n) is 9.14. The summed E-state index contributed by atoms with van der Waals surface area (Å²) in [6.07, 6.45) is 1.11. The summed E-state index contributed by atoms with van der Waals surface area (Å²) in [4.78, 5) is 0. The third kappa shape index (κ3) is 6.46. The average Bonchev–Trinajstić information content (AvgIpc) is 2.84. The largest absolute Gasteiger partial charge is 0.573 e. The summed E-state index contributed by atoms with van der Waals surface area (Å²) in [6, 6.07) is 14.1. The molecule has 1 aliphatic carbocycles. The Morgan fingerprint density at radius 3 is 2.42 bits per heavy atom. The first-order chi connectivity index (χ1) is 17.2. The Labute approximate surface area is 208 Å². The summed E-state index contributed by atoms with van der Waals surface area (Å²) in [7, 11) is 0. The number of halogens is 5. The molecule has 4 rings (SSSR count). The molecule has 1 nitrogen and oxygen atoms in total. The quantitative estimate of drug-likeness (QED) is 0.189. The number of hydrogen-bond donors (Lipinski definition) is 0. The average molecular weight is 499 g/mol. The molecule has 3 aromatic rings. The number of unbranched alkanes of at least 4 members (excludes halogenated alkanes) is 2. The number of rotatable bonds is 6. The van der Waals surface area contributed by atoms with E-state index in [1.54, 1.807) is 12.1 Å². The van der Waals surface area contributed by atoms with Crippen molar-refractivity contribution in [3.63, 3.8) is 0 Å². The van der Waals surface area contributed by atoms with E-state index in [0.29, 0.717) is 36.0 Å². The fourth-order valence-electron chi connectivity index (χ4n) is 4.69. The molecule has 1 aliphatic rings. The molecule has 0 N–H and O–H groups in total. The van der Waals surface area contributed by atoms with Gasteiger partial charge in [0.15, 0.2) is 0 Å². The molecule has 36 heavy (non-hydrogen) atoms. The molecular formula is C30H27F5O. The van der Waals surface area contributed by atoms with Gasteiger partial charge in [0.05, 0.1) is 5.56 Å². The Balaban J connectivity index is 1.46. The summed E-state index contributed by atoms with van der Waals surface area (Å²) in [5.41, 5.74) is 3.82. The van der Waals surface area contributed by atoms with Gasteiger partial charge in [-0.2, -0.15) is 0 Å². The highest BCUT2D eigenvalue weighted by Crippen LogP contribution is 2.36. The van der Waals surface area contributed by atoms with Gasteiger partial charge in [0.1, 0.15) is 17.4 Å². The Hall–Kier alpha value is -3.33. The fourth-order valence-corrected chi connectivity index (χ4v) is 4.69. The summed E-state index contributed by atoms with van der Waals surface area (Å²) in [5.74, 6) is 4.64. The van der Waals surface area contributed by atoms with Gasteiger partial charge in [-0.25, -0.2) is 8.78 Å². The zero-order chi connectivity index (χ0) is 25.7. The molecule has 0 aliphatic heterocycles. The van der Waals surface area contributed by atoms with Crippen molar-refractivity contribution >= 4 is 0 Å². The third-order valence-corrected chi connectivity index (χ3v) is 6.55. The zero-order valence-electron chi connectivity index (χ0n) is 20.0. The standard InChI is InChI=1S/C30H27F5O/c1-2-3-4-5-21-9-16-26(28(31)18-21)23-13-17-27-24(19-23)12-11-22(29(27)32)10-6-20-7-14-25(15-8-20)36-30(33,34)35/h7-9,11-12,14-16,18,23H,2-5,13,17,19H2,1H3. The molecule has 0 aromatic heterocycles. The molecule has 3 aromatic carbocycles. The van der Waals surface area contributed by atoms with Crippen LogP contribution in [-0.4, -0.2) is 6.36 Å². The predicted octanol–water partition coefficient (Wildman–Crippen LogP) is 8.27. The van der Waals surface area contributed by atoms with Gasteiger partial charge in [0.25, 0.3) is 0 Å². The van der Waals surface area contributed by atoms with Gasteiger partial charge in [0, 0.05) is 5.56 Å². The number of alkyl halides is 3. The Morgan fingerprint density at radius 2 is 1.72 bits per heavy atom. The fraction of sp³-hybridized carbons (Fsp3) is 0.333. The lowest BCUT2D eigenvalue weighted by Gasteiger charge is -2.26. The minimum Gasteiger partial charge on any atom is -0.406 e. The molecule has 6 heteroatoms. The first-order valence-corrected chi connectivity index (χ1v) is 12.2. The van der Waals surface area contributed by atoms with Crippen LogP contribution in [0.15, 0.2) is 54.6 Å². The van der Waals surface area contributed by atoms with E-state index in [9.17, 15) is 17.6 Å². The van der Waals surface area contributed by atoms with Gasteiger partial charge in [-0.3, -0.25) is 0 Å². The van der Waals surface area contributed by atoms with Crippen LogP contribution in [0.25, 0.3) is 0 Å². The van der Waals surface area contributed by atoms with E-state index in [4.69, 9.17) is 0 Å². The van der Waals surface area contributed by atoms with E-state index < -0.39 is 6.36 Å². The van der Waals surface area contributed by atoms with Crippen molar-refractivity contribution in [3.05, 3.63) is 99.6 Å². The van der Waals surface area contributed by atoms with Crippen molar-refractivity contribution in [2.24, 2.45) is 0 Å². The predicted molar refractivity (Wildman–Crippen MR) is 130 cm³/mol. The normalized spacial score (nSPS) is 15.1. The number of aryl methyl sites for hydroxylation is 1. The smallest absolute Gasteiger partial charge is 0.406 e. The van der Waals surface area contributed by atoms with Gasteiger partial charge in [0.2, 0.25) is 0 Å². The Morgan fingerprint density at radius 1 is 0.944 bits per heavy atom. The van der Waals surface area contributed by atoms with Gasteiger partial charge in [-0.05, 0) is 96.7 Å². The van der Waals surface area contributed by atoms with Gasteiger partial charge >= 0.3 is 6.36 Å². The Bertz CT molecular complexity index is 1270. The molecule has 0 radical (unpaired) electrons. The van der Waals surface area contributed by atoms with Crippen LogP contribution in [0.4, 0.5) is 22.0 Å². The zero-order valence-corrected chi connectivity index (χ0v) is 20.0. The van der Waals surface area contributed by atoms with Crippen LogP contribution in [0.1, 0.15) is 71.9 Å². The summed E-state index contributed by atoms with van der Waals surface area (Å²) < 4.78 is 70.8. The number of hydrogen-bond acceptors (Lipinski definition) is 1. The lowest BCUT2D eigenvalue weighted by atomic mass is 9.79. The van der Waals surface area contributed by atoms with Crippen molar-refractivity contribution < 1.29 is 26.7 Å². The molecule has 188 valence electrons. The van der Waals surface area contributed by atoms with Crippen molar-refractivity contribution in [2.45, 2.75) is 64.1 Å². The van der Waals surface area contributed by atoms with Crippen LogP contribution in [0.5, 0.6) is 5.75 Å². The number of fused-ring (bicyclic) bond motifs is 1. The third-order valence-electron chi connectivity index (χ3n) is 6.55. The van der Waals surface area contributed by atoms with Crippen LogP contribution in [0, 0.1) is 23.5 Å². The van der Waals surface area contributed by atoms with Crippen molar-refractivity contribution in [1.82, 2.24) is 0 Å². The van der Waals surface area contributed by atoms with Crippen LogP contribution in [0.3, 0.4) is 0 Å². The van der Waals surface area contributed by atoms with Crippen LogP contribution in [0.2, 0.25) is 0 Å². The van der Waals surface area contributed by atoms with E-state index in [2.05, 4.69) is 23.5 Å². The van der Waals surface area contributed by atoms with Crippen molar-refractivity contribution in [2.75, 3.05) is 0 Å². The monoisotopic (exact) mass is 498 g/mol. The van der Waals surface area contributed by atoms with E-state index in [1.165, 1.54) is 12.1 Å². The van der Waals surface area contributed by atoms with E-state index in [-0.39, 0.29) is 28.9 Å². The van der Waals surface area contributed by atoms with Crippen molar-refractivity contribution in [1.29, 1.82) is 0 Å². The molecule has 0 fully saturated rings. The van der Waals surface area contributed by atoms with Crippen molar-refractivity contribution in [3.8, 4) is 17.6 Å². The molecule has 0 saturated carbocycles. The van der Waals surface area contributed by atoms with E-state index in [1.807, 2.05) is 18.2 Å². The second kappa shape index (κ2) is 11.2. The summed E-state index contributed by atoms with van der Waals surface area (Å²) >= 11 is 0. The topological polar surface area (TPSA) is 9.23 Å². The highest BCUT2D eigenvalue weighted by atomic mass is 19.4. The van der Waals surface area contributed by atoms with Gasteiger partial charge in [-0.1, -0.05) is 49.8 Å². The second-order valence-corrected chi connectivity index (χ2v) is 9.14. The van der Waals surface area contributed by atoms with Gasteiger partial charge in [-0.15, -0.1) is 13.2 Å². The summed E-state index contributed by atoms with van der Waals surface area (Å²) in [6.45, 7) is 2.14. The first-order valence-electron chi connectivity index (χ1n) is 12.2. The molecular weight excluding hydrogens is 471 g/mol. The Kier molecular flexibility index (Phi) is 7.98. The molecule has 0 bridgehead atoms. The molecule has 0 heterocycles. The number of benzene rings is 3. The van der Waals surface area contributed by atoms with Crippen LogP contribution >= 0.6 is 0 Å². The van der Waals surface area contributed by atoms with Crippen LogP contribution < -0.4 is 4.74 Å². The van der Waals surface area contributed by atoms with Crippen LogP contribution in [-0.2, 0) is 19.3 Å². The first kappa shape index (κ1) is 25.8. The minimum absolute atomic E-state index is 0.00374. The highest BCUT2D eigenvalue weighted by Gasteiger charge is 2.31. The maximum atomic E-state index is 15.2. The minimum atomic E-state index is -4.76. The van der Waals surface area contributed by atoms with E-state index in [0.717, 1.165) is 48.9 Å². The SMILES string of the molecule is CCCCCc1ccc(C2CCc3c(ccc(C#Cc4ccc(OC(F)(F)F)cc4)c3F)C2)c(F)c1. The highest BCUT2D eigenvalue weighted by molar-refractivity contribution is 5.49. The number of ether oxygens (including phenoxy) is 1.